The van der Waals surface area contributed by atoms with Crippen molar-refractivity contribution in [3.05, 3.63) is 88.0 Å². The van der Waals surface area contributed by atoms with Gasteiger partial charge in [-0.25, -0.2) is 4.79 Å². The lowest BCUT2D eigenvalue weighted by Crippen LogP contribution is -2.39. The zero-order valence-electron chi connectivity index (χ0n) is 19.3. The molecule has 0 spiro atoms. The van der Waals surface area contributed by atoms with Gasteiger partial charge >= 0.3 is 11.7 Å². The number of aliphatic hydroxyl groups excluding tert-OH is 1. The maximum absolute atomic E-state index is 11.5. The van der Waals surface area contributed by atoms with Crippen LogP contribution in [0.3, 0.4) is 0 Å². The van der Waals surface area contributed by atoms with Crippen LogP contribution >= 0.6 is 0 Å². The molecule has 0 bridgehead atoms. The third kappa shape index (κ3) is 6.29. The largest absolute Gasteiger partial charge is 0.491 e. The van der Waals surface area contributed by atoms with Crippen LogP contribution < -0.4 is 19.5 Å². The number of rotatable bonds is 11. The Hall–Kier alpha value is -4.15. The number of ether oxygens (including phenoxy) is 3. The van der Waals surface area contributed by atoms with E-state index in [-0.39, 0.29) is 29.8 Å². The van der Waals surface area contributed by atoms with Gasteiger partial charge in [0.05, 0.1) is 4.92 Å². The quantitative estimate of drug-likeness (QED) is 0.268. The summed E-state index contributed by atoms with van der Waals surface area (Å²) in [5, 5.41) is 34.1. The molecule has 188 valence electrons. The van der Waals surface area contributed by atoms with Crippen LogP contribution in [0, 0.1) is 10.1 Å². The molecule has 36 heavy (non-hydrogen) atoms. The third-order valence-corrected chi connectivity index (χ3v) is 5.64. The number of hydrogen-bond acceptors (Lipinski definition) is 8. The molecule has 2 atom stereocenters. The van der Waals surface area contributed by atoms with E-state index in [0.717, 1.165) is 5.56 Å². The summed E-state index contributed by atoms with van der Waals surface area (Å²) in [6.07, 6.45) is 0.631. The first kappa shape index (κ1) is 25.0. The summed E-state index contributed by atoms with van der Waals surface area (Å²) in [4.78, 5) is 22.2. The van der Waals surface area contributed by atoms with Crippen molar-refractivity contribution in [2.45, 2.75) is 25.0 Å². The zero-order valence-corrected chi connectivity index (χ0v) is 19.3. The van der Waals surface area contributed by atoms with Crippen molar-refractivity contribution in [2.24, 2.45) is 0 Å². The number of aliphatic hydroxyl groups is 1. The molecule has 1 aliphatic rings. The molecule has 10 nitrogen and oxygen atoms in total. The number of aryl methyl sites for hydroxylation is 1. The fourth-order valence-corrected chi connectivity index (χ4v) is 3.87. The van der Waals surface area contributed by atoms with Crippen LogP contribution in [-0.2, 0) is 6.42 Å². The van der Waals surface area contributed by atoms with Crippen molar-refractivity contribution in [3.63, 3.8) is 0 Å². The van der Waals surface area contributed by atoms with Gasteiger partial charge in [-0.2, -0.15) is 0 Å². The van der Waals surface area contributed by atoms with Crippen LogP contribution in [0.4, 0.5) is 5.69 Å². The van der Waals surface area contributed by atoms with E-state index in [2.05, 4.69) is 5.32 Å². The number of benzene rings is 3. The second kappa shape index (κ2) is 11.5. The molecule has 3 N–H and O–H groups in total. The van der Waals surface area contributed by atoms with Gasteiger partial charge in [-0.05, 0) is 54.8 Å². The van der Waals surface area contributed by atoms with Crippen molar-refractivity contribution in [3.8, 4) is 23.0 Å². The van der Waals surface area contributed by atoms with E-state index in [0.29, 0.717) is 37.4 Å². The number of aromatic carboxylic acids is 1. The Morgan fingerprint density at radius 2 is 1.94 bits per heavy atom. The Morgan fingerprint density at radius 3 is 2.69 bits per heavy atom. The number of nitrogens with zero attached hydrogens (tertiary/aromatic N) is 1. The summed E-state index contributed by atoms with van der Waals surface area (Å²) in [5.74, 6) is 0.0143. The smallest absolute Gasteiger partial charge is 0.339 e. The van der Waals surface area contributed by atoms with E-state index in [1.165, 1.54) is 18.2 Å². The van der Waals surface area contributed by atoms with E-state index in [1.807, 2.05) is 30.3 Å². The SMILES string of the molecule is O=C(O)c1cccc([N+](=O)[O-])c1Oc1ccc2c(c1)CC[C@H](CNC[C@H](O)COc1ccccc1)O2. The highest BCUT2D eigenvalue weighted by atomic mass is 16.6. The summed E-state index contributed by atoms with van der Waals surface area (Å²) >= 11 is 0. The van der Waals surface area contributed by atoms with Crippen molar-refractivity contribution < 1.29 is 34.1 Å². The number of fused-ring (bicyclic) bond motifs is 1. The predicted octanol–water partition coefficient (Wildman–Crippen LogP) is 3.81. The predicted molar refractivity (Wildman–Crippen MR) is 130 cm³/mol. The fourth-order valence-electron chi connectivity index (χ4n) is 3.87. The van der Waals surface area contributed by atoms with Crippen LogP contribution in [0.2, 0.25) is 0 Å². The van der Waals surface area contributed by atoms with Gasteiger partial charge in [-0.3, -0.25) is 10.1 Å². The van der Waals surface area contributed by atoms with E-state index >= 15 is 0 Å². The molecule has 0 aliphatic carbocycles. The molecule has 0 aromatic heterocycles. The first-order chi connectivity index (χ1) is 17.4. The highest BCUT2D eigenvalue weighted by Gasteiger charge is 2.25. The second-order valence-electron chi connectivity index (χ2n) is 8.30. The number of hydrogen-bond donors (Lipinski definition) is 3. The second-order valence-corrected chi connectivity index (χ2v) is 8.30. The van der Waals surface area contributed by atoms with E-state index in [1.54, 1.807) is 18.2 Å². The summed E-state index contributed by atoms with van der Waals surface area (Å²) < 4.78 is 17.3. The monoisotopic (exact) mass is 494 g/mol. The lowest BCUT2D eigenvalue weighted by Gasteiger charge is -2.27. The van der Waals surface area contributed by atoms with Crippen LogP contribution in [0.5, 0.6) is 23.0 Å². The van der Waals surface area contributed by atoms with Gasteiger partial charge in [0.15, 0.2) is 0 Å². The maximum atomic E-state index is 11.5. The van der Waals surface area contributed by atoms with Gasteiger partial charge < -0.3 is 29.7 Å². The number of nitro groups is 1. The normalized spacial score (nSPS) is 15.3. The molecule has 0 amide bonds. The van der Waals surface area contributed by atoms with Crippen molar-refractivity contribution in [1.29, 1.82) is 0 Å². The van der Waals surface area contributed by atoms with Crippen LogP contribution in [0.15, 0.2) is 66.7 Å². The van der Waals surface area contributed by atoms with Crippen LogP contribution in [0.1, 0.15) is 22.3 Å². The minimum absolute atomic E-state index is 0.0969. The van der Waals surface area contributed by atoms with E-state index in [4.69, 9.17) is 14.2 Å². The van der Waals surface area contributed by atoms with Crippen LogP contribution in [0.25, 0.3) is 0 Å². The minimum atomic E-state index is -1.32. The van der Waals surface area contributed by atoms with E-state index < -0.39 is 22.7 Å². The van der Waals surface area contributed by atoms with Crippen LogP contribution in [-0.4, -0.2) is 53.0 Å². The van der Waals surface area contributed by atoms with Gasteiger partial charge in [0.25, 0.3) is 0 Å². The first-order valence-corrected chi connectivity index (χ1v) is 11.5. The fraction of sp³-hybridized carbons (Fsp3) is 0.269. The Labute approximate surface area is 207 Å². The number of carboxylic acids is 1. The lowest BCUT2D eigenvalue weighted by molar-refractivity contribution is -0.385. The molecular formula is C26H26N2O8. The number of carboxylic acid groups (broad SMARTS) is 1. The van der Waals surface area contributed by atoms with Gasteiger partial charge in [0, 0.05) is 19.2 Å². The molecule has 0 fully saturated rings. The highest BCUT2D eigenvalue weighted by molar-refractivity contribution is 5.92. The first-order valence-electron chi connectivity index (χ1n) is 11.5. The summed E-state index contributed by atoms with van der Waals surface area (Å²) in [5.41, 5.74) is 0.141. The number of nitro benzene ring substituents is 1. The summed E-state index contributed by atoms with van der Waals surface area (Å²) in [7, 11) is 0. The highest BCUT2D eigenvalue weighted by Crippen LogP contribution is 2.37. The van der Waals surface area contributed by atoms with Gasteiger partial charge in [0.2, 0.25) is 5.75 Å². The average molecular weight is 495 g/mol. The molecule has 0 radical (unpaired) electrons. The molecule has 0 saturated carbocycles. The molecule has 1 heterocycles. The molecule has 0 saturated heterocycles. The molecule has 3 aromatic carbocycles. The number of nitrogens with one attached hydrogen (secondary N) is 1. The van der Waals surface area contributed by atoms with E-state index in [9.17, 15) is 25.1 Å². The Balaban J connectivity index is 1.31. The lowest BCUT2D eigenvalue weighted by atomic mass is 10.0. The Bertz CT molecular complexity index is 1190. The maximum Gasteiger partial charge on any atom is 0.339 e. The standard InChI is InChI=1S/C26H26N2O8/c29-18(16-34-19-5-2-1-3-6-19)14-27-15-21-10-9-17-13-20(11-12-24(17)35-21)36-25-22(26(30)31)7-4-8-23(25)28(32)33/h1-8,11-13,18,21,27,29H,9-10,14-16H2,(H,30,31)/t18-,21+/m0/s1. The minimum Gasteiger partial charge on any atom is -0.491 e. The average Bonchev–Trinajstić information content (AvgIpc) is 2.88. The van der Waals surface area contributed by atoms with Crippen molar-refractivity contribution in [2.75, 3.05) is 19.7 Å². The Kier molecular flexibility index (Phi) is 7.99. The summed E-state index contributed by atoms with van der Waals surface area (Å²) in [6.45, 7) is 1.07. The topological polar surface area (TPSA) is 140 Å². The Morgan fingerprint density at radius 1 is 1.14 bits per heavy atom. The van der Waals surface area contributed by atoms with Gasteiger partial charge in [-0.15, -0.1) is 0 Å². The molecule has 1 aliphatic heterocycles. The molecule has 0 unspecified atom stereocenters. The van der Waals surface area contributed by atoms with Crippen molar-refractivity contribution in [1.82, 2.24) is 5.32 Å². The number of para-hydroxylation sites is 2. The van der Waals surface area contributed by atoms with Gasteiger partial charge in [-0.1, -0.05) is 24.3 Å². The van der Waals surface area contributed by atoms with Crippen molar-refractivity contribution >= 4 is 11.7 Å². The molecular weight excluding hydrogens is 468 g/mol. The zero-order chi connectivity index (χ0) is 25.5. The summed E-state index contributed by atoms with van der Waals surface area (Å²) in [6, 6.07) is 18.0. The van der Waals surface area contributed by atoms with Gasteiger partial charge in [0.1, 0.15) is 41.6 Å². The third-order valence-electron chi connectivity index (χ3n) is 5.64. The molecule has 10 heteroatoms. The molecule has 4 rings (SSSR count). The number of carbonyl (C=O) groups is 1. The molecule has 3 aromatic rings.